The first kappa shape index (κ1) is 11.6. The fraction of sp³-hybridized carbons (Fsp3) is 0.364. The molecule has 1 aromatic carbocycles. The Kier molecular flexibility index (Phi) is 3.40. The van der Waals surface area contributed by atoms with Crippen LogP contribution in [0.4, 0.5) is 4.39 Å². The quantitative estimate of drug-likeness (QED) is 0.819. The molecule has 0 spiro atoms. The van der Waals surface area contributed by atoms with E-state index in [0.29, 0.717) is 5.56 Å². The van der Waals surface area contributed by atoms with E-state index in [2.05, 4.69) is 0 Å². The molecule has 3 nitrogen and oxygen atoms in total. The molecule has 0 radical (unpaired) electrons. The highest BCUT2D eigenvalue weighted by Gasteiger charge is 2.25. The van der Waals surface area contributed by atoms with Gasteiger partial charge < -0.3 is 10.5 Å². The number of halogens is 1. The zero-order valence-corrected chi connectivity index (χ0v) is 8.75. The first-order valence-electron chi connectivity index (χ1n) is 4.52. The molecule has 0 aliphatic carbocycles. The first-order valence-corrected chi connectivity index (χ1v) is 4.52. The van der Waals surface area contributed by atoms with Crippen LogP contribution in [0.3, 0.4) is 0 Å². The van der Waals surface area contributed by atoms with Crippen molar-refractivity contribution in [2.24, 2.45) is 5.73 Å². The summed E-state index contributed by atoms with van der Waals surface area (Å²) in [6.07, 6.45) is 0. The molecule has 0 bridgehead atoms. The van der Waals surface area contributed by atoms with Crippen LogP contribution in [-0.2, 0) is 10.3 Å². The van der Waals surface area contributed by atoms with Crippen LogP contribution in [0.25, 0.3) is 0 Å². The van der Waals surface area contributed by atoms with E-state index in [4.69, 9.17) is 15.7 Å². The van der Waals surface area contributed by atoms with E-state index in [1.807, 2.05) is 0 Å². The highest BCUT2D eigenvalue weighted by atomic mass is 19.1. The number of rotatable bonds is 3. The predicted molar refractivity (Wildman–Crippen MR) is 54.5 cm³/mol. The molecule has 0 saturated heterocycles. The largest absolute Gasteiger partial charge is 0.372 e. The number of nitrogens with two attached hydrogens (primary N) is 1. The van der Waals surface area contributed by atoms with Gasteiger partial charge in [-0.2, -0.15) is 5.26 Å². The Bertz CT molecular complexity index is 394. The third kappa shape index (κ3) is 2.14. The van der Waals surface area contributed by atoms with Gasteiger partial charge in [0.25, 0.3) is 0 Å². The number of nitriles is 1. The summed E-state index contributed by atoms with van der Waals surface area (Å²) < 4.78 is 18.3. The maximum absolute atomic E-state index is 13.1. The van der Waals surface area contributed by atoms with Gasteiger partial charge in [-0.3, -0.25) is 0 Å². The minimum absolute atomic E-state index is 0.00391. The minimum Gasteiger partial charge on any atom is -0.372 e. The summed E-state index contributed by atoms with van der Waals surface area (Å²) in [7, 11) is 1.53. The number of hydrogen-bond donors (Lipinski definition) is 1. The number of benzene rings is 1. The summed E-state index contributed by atoms with van der Waals surface area (Å²) in [5.74, 6) is -0.531. The van der Waals surface area contributed by atoms with Gasteiger partial charge in [0.1, 0.15) is 17.5 Å². The van der Waals surface area contributed by atoms with Gasteiger partial charge in [0, 0.05) is 13.7 Å². The molecule has 1 unspecified atom stereocenters. The van der Waals surface area contributed by atoms with Crippen molar-refractivity contribution in [1.82, 2.24) is 0 Å². The molecule has 0 fully saturated rings. The van der Waals surface area contributed by atoms with Gasteiger partial charge >= 0.3 is 0 Å². The average Bonchev–Trinajstić information content (AvgIpc) is 2.28. The molecule has 1 rings (SSSR count). The van der Waals surface area contributed by atoms with E-state index in [-0.39, 0.29) is 12.1 Å². The van der Waals surface area contributed by atoms with Crippen molar-refractivity contribution in [1.29, 1.82) is 5.26 Å². The maximum Gasteiger partial charge on any atom is 0.140 e. The van der Waals surface area contributed by atoms with E-state index in [1.165, 1.54) is 19.2 Å². The second kappa shape index (κ2) is 4.39. The molecule has 1 aromatic rings. The lowest BCUT2D eigenvalue weighted by molar-refractivity contribution is 0.0100. The molecule has 0 amide bonds. The monoisotopic (exact) mass is 208 g/mol. The van der Waals surface area contributed by atoms with Gasteiger partial charge in [0.2, 0.25) is 0 Å². The molecule has 80 valence electrons. The Hall–Kier alpha value is -1.44. The number of ether oxygens (including phenoxy) is 1. The van der Waals surface area contributed by atoms with Crippen molar-refractivity contribution in [3.8, 4) is 6.07 Å². The molecule has 1 atom stereocenters. The van der Waals surface area contributed by atoms with Crippen molar-refractivity contribution in [2.75, 3.05) is 13.7 Å². The van der Waals surface area contributed by atoms with Crippen LogP contribution in [0, 0.1) is 17.1 Å². The Morgan fingerprint density at radius 3 is 2.73 bits per heavy atom. The maximum atomic E-state index is 13.1. The SMILES string of the molecule is COC(C)(CN)c1ccc(F)c(C#N)c1. The molecule has 0 heterocycles. The Morgan fingerprint density at radius 2 is 2.27 bits per heavy atom. The topological polar surface area (TPSA) is 59.0 Å². The van der Waals surface area contributed by atoms with Crippen LogP contribution >= 0.6 is 0 Å². The molecular formula is C11H13FN2O. The van der Waals surface area contributed by atoms with Gasteiger partial charge in [0.15, 0.2) is 0 Å². The lowest BCUT2D eigenvalue weighted by Gasteiger charge is -2.27. The van der Waals surface area contributed by atoms with E-state index >= 15 is 0 Å². The summed E-state index contributed by atoms with van der Waals surface area (Å²) in [5.41, 5.74) is 5.60. The summed E-state index contributed by atoms with van der Waals surface area (Å²) in [6, 6.07) is 6.08. The summed E-state index contributed by atoms with van der Waals surface area (Å²) in [5, 5.41) is 8.69. The molecule has 2 N–H and O–H groups in total. The Balaban J connectivity index is 3.22. The minimum atomic E-state index is -0.681. The lowest BCUT2D eigenvalue weighted by Crippen LogP contribution is -2.33. The second-order valence-corrected chi connectivity index (χ2v) is 3.45. The zero-order chi connectivity index (χ0) is 11.5. The van der Waals surface area contributed by atoms with Crippen LogP contribution in [0.5, 0.6) is 0 Å². The van der Waals surface area contributed by atoms with E-state index in [1.54, 1.807) is 19.1 Å². The standard InChI is InChI=1S/C11H13FN2O/c1-11(7-14,15-2)9-3-4-10(12)8(5-9)6-13/h3-5H,7,14H2,1-2H3. The van der Waals surface area contributed by atoms with Crippen LogP contribution in [0.2, 0.25) is 0 Å². The van der Waals surface area contributed by atoms with Gasteiger partial charge in [-0.15, -0.1) is 0 Å². The fourth-order valence-electron chi connectivity index (χ4n) is 1.26. The van der Waals surface area contributed by atoms with Gasteiger partial charge in [-0.05, 0) is 24.6 Å². The molecule has 0 aliphatic rings. The third-order valence-corrected chi connectivity index (χ3v) is 2.54. The third-order valence-electron chi connectivity index (χ3n) is 2.54. The number of methoxy groups -OCH3 is 1. The van der Waals surface area contributed by atoms with Crippen LogP contribution in [-0.4, -0.2) is 13.7 Å². The Morgan fingerprint density at radius 1 is 1.60 bits per heavy atom. The second-order valence-electron chi connectivity index (χ2n) is 3.45. The molecule has 0 aromatic heterocycles. The number of nitrogens with zero attached hydrogens (tertiary/aromatic N) is 1. The van der Waals surface area contributed by atoms with E-state index in [9.17, 15) is 4.39 Å². The molecule has 0 aliphatic heterocycles. The normalized spacial score (nSPS) is 14.3. The lowest BCUT2D eigenvalue weighted by atomic mass is 9.94. The van der Waals surface area contributed by atoms with Crippen molar-refractivity contribution in [3.63, 3.8) is 0 Å². The average molecular weight is 208 g/mol. The van der Waals surface area contributed by atoms with E-state index < -0.39 is 11.4 Å². The van der Waals surface area contributed by atoms with Crippen LogP contribution < -0.4 is 5.73 Å². The first-order chi connectivity index (χ1) is 7.07. The molecule has 15 heavy (non-hydrogen) atoms. The van der Waals surface area contributed by atoms with E-state index in [0.717, 1.165) is 0 Å². The van der Waals surface area contributed by atoms with Crippen molar-refractivity contribution in [2.45, 2.75) is 12.5 Å². The highest BCUT2D eigenvalue weighted by molar-refractivity contribution is 5.36. The van der Waals surface area contributed by atoms with Gasteiger partial charge in [-0.25, -0.2) is 4.39 Å². The van der Waals surface area contributed by atoms with Crippen molar-refractivity contribution < 1.29 is 9.13 Å². The van der Waals surface area contributed by atoms with Crippen LogP contribution in [0.15, 0.2) is 18.2 Å². The molecule has 4 heteroatoms. The number of hydrogen-bond acceptors (Lipinski definition) is 3. The van der Waals surface area contributed by atoms with Gasteiger partial charge in [-0.1, -0.05) is 6.07 Å². The zero-order valence-electron chi connectivity index (χ0n) is 8.75. The molecule has 0 saturated carbocycles. The highest BCUT2D eigenvalue weighted by Crippen LogP contribution is 2.24. The fourth-order valence-corrected chi connectivity index (χ4v) is 1.26. The Labute approximate surface area is 88.3 Å². The van der Waals surface area contributed by atoms with Gasteiger partial charge in [0.05, 0.1) is 5.56 Å². The van der Waals surface area contributed by atoms with Crippen LogP contribution in [0.1, 0.15) is 18.1 Å². The summed E-state index contributed by atoms with van der Waals surface area (Å²) in [6.45, 7) is 2.06. The predicted octanol–water partition coefficient (Wildman–Crippen LogP) is 1.52. The summed E-state index contributed by atoms with van der Waals surface area (Å²) in [4.78, 5) is 0. The smallest absolute Gasteiger partial charge is 0.140 e. The van der Waals surface area contributed by atoms with Crippen molar-refractivity contribution >= 4 is 0 Å². The molecular weight excluding hydrogens is 195 g/mol. The van der Waals surface area contributed by atoms with Crippen molar-refractivity contribution in [3.05, 3.63) is 35.1 Å². The summed E-state index contributed by atoms with van der Waals surface area (Å²) >= 11 is 0.